The molecule has 0 aromatic heterocycles. The standard InChI is InChI=1S/C10H9N3/c11-6-9(7-12)8-13-10-4-2-1-3-5-10/h1-5,9,13H,8H2. The Labute approximate surface area is 77.2 Å². The highest BCUT2D eigenvalue weighted by molar-refractivity contribution is 5.42. The second-order valence-electron chi connectivity index (χ2n) is 2.56. The van der Waals surface area contributed by atoms with E-state index < -0.39 is 5.92 Å². The molecule has 0 aliphatic heterocycles. The van der Waals surface area contributed by atoms with Gasteiger partial charge in [-0.2, -0.15) is 10.5 Å². The quantitative estimate of drug-likeness (QED) is 0.753. The van der Waals surface area contributed by atoms with Crippen LogP contribution in [0.5, 0.6) is 0 Å². The van der Waals surface area contributed by atoms with E-state index in [0.717, 1.165) is 5.69 Å². The molecule has 13 heavy (non-hydrogen) atoms. The summed E-state index contributed by atoms with van der Waals surface area (Å²) in [7, 11) is 0. The van der Waals surface area contributed by atoms with Crippen LogP contribution in [-0.2, 0) is 0 Å². The Morgan fingerprint density at radius 2 is 1.77 bits per heavy atom. The Hall–Kier alpha value is -2.00. The normalized spacial score (nSPS) is 8.85. The predicted molar refractivity (Wildman–Crippen MR) is 49.6 cm³/mol. The van der Waals surface area contributed by atoms with Gasteiger partial charge in [-0.05, 0) is 12.1 Å². The first-order chi connectivity index (χ1) is 6.36. The Balaban J connectivity index is 2.45. The Morgan fingerprint density at radius 3 is 2.31 bits per heavy atom. The molecule has 0 aliphatic rings. The van der Waals surface area contributed by atoms with Crippen LogP contribution in [0.4, 0.5) is 5.69 Å². The van der Waals surface area contributed by atoms with Gasteiger partial charge in [-0.3, -0.25) is 0 Å². The maximum Gasteiger partial charge on any atom is 0.150 e. The Bertz CT molecular complexity index is 317. The third-order valence-electron chi connectivity index (χ3n) is 1.60. The molecule has 1 aromatic carbocycles. The van der Waals surface area contributed by atoms with Crippen LogP contribution in [-0.4, -0.2) is 6.54 Å². The van der Waals surface area contributed by atoms with Crippen molar-refractivity contribution in [3.8, 4) is 12.1 Å². The average Bonchev–Trinajstić information content (AvgIpc) is 2.21. The maximum atomic E-state index is 8.49. The van der Waals surface area contributed by atoms with Crippen molar-refractivity contribution in [3.05, 3.63) is 30.3 Å². The molecule has 3 heteroatoms. The largest absolute Gasteiger partial charge is 0.383 e. The van der Waals surface area contributed by atoms with Gasteiger partial charge < -0.3 is 5.32 Å². The fourth-order valence-electron chi connectivity index (χ4n) is 0.896. The highest BCUT2D eigenvalue weighted by Gasteiger charge is 2.03. The van der Waals surface area contributed by atoms with Crippen LogP contribution < -0.4 is 5.32 Å². The molecule has 0 saturated carbocycles. The van der Waals surface area contributed by atoms with Crippen molar-refractivity contribution < 1.29 is 0 Å². The minimum atomic E-state index is -0.583. The minimum absolute atomic E-state index is 0.372. The molecule has 0 amide bonds. The molecule has 3 nitrogen and oxygen atoms in total. The highest BCUT2D eigenvalue weighted by Crippen LogP contribution is 2.05. The van der Waals surface area contributed by atoms with E-state index in [1.54, 1.807) is 0 Å². The lowest BCUT2D eigenvalue weighted by molar-refractivity contribution is 0.888. The zero-order valence-electron chi connectivity index (χ0n) is 7.07. The number of hydrogen-bond donors (Lipinski definition) is 1. The van der Waals surface area contributed by atoms with E-state index in [9.17, 15) is 0 Å². The summed E-state index contributed by atoms with van der Waals surface area (Å²) in [6, 6.07) is 13.3. The molecule has 1 rings (SSSR count). The molecule has 0 radical (unpaired) electrons. The monoisotopic (exact) mass is 171 g/mol. The highest BCUT2D eigenvalue weighted by atomic mass is 14.9. The smallest absolute Gasteiger partial charge is 0.150 e. The molecular formula is C10H9N3. The SMILES string of the molecule is N#CC(C#N)CNc1ccccc1. The van der Waals surface area contributed by atoms with Crippen LogP contribution in [0, 0.1) is 28.6 Å². The van der Waals surface area contributed by atoms with E-state index in [1.165, 1.54) is 0 Å². The maximum absolute atomic E-state index is 8.49. The van der Waals surface area contributed by atoms with Gasteiger partial charge in [0, 0.05) is 12.2 Å². The van der Waals surface area contributed by atoms with Crippen molar-refractivity contribution in [3.63, 3.8) is 0 Å². The summed E-state index contributed by atoms with van der Waals surface area (Å²) in [5.41, 5.74) is 0.929. The van der Waals surface area contributed by atoms with Gasteiger partial charge in [-0.25, -0.2) is 0 Å². The van der Waals surface area contributed by atoms with Gasteiger partial charge in [0.15, 0.2) is 0 Å². The van der Waals surface area contributed by atoms with Crippen LogP contribution in [0.2, 0.25) is 0 Å². The van der Waals surface area contributed by atoms with Crippen LogP contribution >= 0.6 is 0 Å². The van der Waals surface area contributed by atoms with Gasteiger partial charge in [-0.15, -0.1) is 0 Å². The number of rotatable bonds is 3. The molecule has 1 N–H and O–H groups in total. The summed E-state index contributed by atoms with van der Waals surface area (Å²) >= 11 is 0. The number of nitrogens with zero attached hydrogens (tertiary/aromatic N) is 2. The molecule has 0 aliphatic carbocycles. The fraction of sp³-hybridized carbons (Fsp3) is 0.200. The third-order valence-corrected chi connectivity index (χ3v) is 1.60. The van der Waals surface area contributed by atoms with E-state index in [4.69, 9.17) is 10.5 Å². The molecule has 0 unspecified atom stereocenters. The van der Waals surface area contributed by atoms with Gasteiger partial charge in [0.25, 0.3) is 0 Å². The van der Waals surface area contributed by atoms with Crippen molar-refractivity contribution >= 4 is 5.69 Å². The molecule has 0 bridgehead atoms. The molecule has 0 heterocycles. The summed E-state index contributed by atoms with van der Waals surface area (Å²) in [4.78, 5) is 0. The summed E-state index contributed by atoms with van der Waals surface area (Å²) in [6.45, 7) is 0.372. The topological polar surface area (TPSA) is 59.6 Å². The molecule has 0 saturated heterocycles. The zero-order valence-corrected chi connectivity index (χ0v) is 7.07. The van der Waals surface area contributed by atoms with E-state index in [0.29, 0.717) is 6.54 Å². The van der Waals surface area contributed by atoms with Crippen LogP contribution in [0.25, 0.3) is 0 Å². The van der Waals surface area contributed by atoms with Gasteiger partial charge in [0.2, 0.25) is 0 Å². The third kappa shape index (κ3) is 2.84. The van der Waals surface area contributed by atoms with Crippen molar-refractivity contribution in [1.29, 1.82) is 10.5 Å². The first-order valence-corrected chi connectivity index (χ1v) is 3.95. The number of nitrogens with one attached hydrogen (secondary N) is 1. The summed E-state index contributed by atoms with van der Waals surface area (Å²) in [5, 5.41) is 20.0. The number of anilines is 1. The van der Waals surface area contributed by atoms with E-state index in [1.807, 2.05) is 42.5 Å². The summed E-state index contributed by atoms with van der Waals surface area (Å²) in [5.74, 6) is -0.583. The minimum Gasteiger partial charge on any atom is -0.383 e. The van der Waals surface area contributed by atoms with Gasteiger partial charge in [-0.1, -0.05) is 18.2 Å². The van der Waals surface area contributed by atoms with Crippen molar-refractivity contribution in [2.45, 2.75) is 0 Å². The number of hydrogen-bond acceptors (Lipinski definition) is 3. The summed E-state index contributed by atoms with van der Waals surface area (Å²) in [6.07, 6.45) is 0. The second-order valence-corrected chi connectivity index (χ2v) is 2.56. The van der Waals surface area contributed by atoms with E-state index >= 15 is 0 Å². The van der Waals surface area contributed by atoms with Crippen LogP contribution in [0.15, 0.2) is 30.3 Å². The number of benzene rings is 1. The van der Waals surface area contributed by atoms with E-state index in [-0.39, 0.29) is 0 Å². The lowest BCUT2D eigenvalue weighted by atomic mass is 10.2. The molecular weight excluding hydrogens is 162 g/mol. The van der Waals surface area contributed by atoms with Crippen molar-refractivity contribution in [1.82, 2.24) is 0 Å². The molecule has 64 valence electrons. The van der Waals surface area contributed by atoms with Crippen molar-refractivity contribution in [2.75, 3.05) is 11.9 Å². The van der Waals surface area contributed by atoms with Crippen molar-refractivity contribution in [2.24, 2.45) is 5.92 Å². The molecule has 0 spiro atoms. The number of para-hydroxylation sites is 1. The first kappa shape index (κ1) is 9.09. The second kappa shape index (κ2) is 4.79. The predicted octanol–water partition coefficient (Wildman–Crippen LogP) is 1.76. The van der Waals surface area contributed by atoms with Gasteiger partial charge >= 0.3 is 0 Å². The lowest BCUT2D eigenvalue weighted by Gasteiger charge is -2.04. The molecule has 0 atom stereocenters. The fourth-order valence-corrected chi connectivity index (χ4v) is 0.896. The zero-order chi connectivity index (χ0) is 9.52. The molecule has 0 fully saturated rings. The first-order valence-electron chi connectivity index (χ1n) is 3.95. The van der Waals surface area contributed by atoms with Crippen LogP contribution in [0.3, 0.4) is 0 Å². The van der Waals surface area contributed by atoms with Crippen LogP contribution in [0.1, 0.15) is 0 Å². The van der Waals surface area contributed by atoms with Gasteiger partial charge in [0.1, 0.15) is 5.92 Å². The van der Waals surface area contributed by atoms with Gasteiger partial charge in [0.05, 0.1) is 12.1 Å². The lowest BCUT2D eigenvalue weighted by Crippen LogP contribution is -2.10. The average molecular weight is 171 g/mol. The van der Waals surface area contributed by atoms with E-state index in [2.05, 4.69) is 5.32 Å². The number of nitriles is 2. The Kier molecular flexibility index (Phi) is 3.35. The molecule has 1 aromatic rings. The summed E-state index contributed by atoms with van der Waals surface area (Å²) < 4.78 is 0. The Morgan fingerprint density at radius 1 is 1.15 bits per heavy atom.